The molecule has 0 atom stereocenters. The third-order valence-electron chi connectivity index (χ3n) is 3.51. The van der Waals surface area contributed by atoms with Crippen LogP contribution in [0, 0.1) is 0 Å². The molecule has 2 N–H and O–H groups in total. The second kappa shape index (κ2) is 5.04. The van der Waals surface area contributed by atoms with Crippen LogP contribution in [0.15, 0.2) is 36.5 Å². The van der Waals surface area contributed by atoms with Crippen LogP contribution in [0.4, 0.5) is 0 Å². The van der Waals surface area contributed by atoms with Crippen LogP contribution in [-0.2, 0) is 6.54 Å². The summed E-state index contributed by atoms with van der Waals surface area (Å²) in [5.74, 6) is 0. The highest BCUT2D eigenvalue weighted by molar-refractivity contribution is 5.78. The van der Waals surface area contributed by atoms with Gasteiger partial charge in [0.05, 0.1) is 5.52 Å². The molecule has 1 aromatic heterocycles. The SMILES string of the molecule is NCCN(Cc1cnc2ccccc2c1)C1CC1. The van der Waals surface area contributed by atoms with Gasteiger partial charge in [-0.3, -0.25) is 9.88 Å². The minimum Gasteiger partial charge on any atom is -0.329 e. The molecule has 1 heterocycles. The molecule has 1 aliphatic carbocycles. The Morgan fingerprint density at radius 1 is 1.28 bits per heavy atom. The van der Waals surface area contributed by atoms with Crippen molar-refractivity contribution < 1.29 is 0 Å². The van der Waals surface area contributed by atoms with Crippen molar-refractivity contribution in [1.82, 2.24) is 9.88 Å². The minimum atomic E-state index is 0.734. The molecule has 3 rings (SSSR count). The molecule has 1 aromatic carbocycles. The number of para-hydroxylation sites is 1. The van der Waals surface area contributed by atoms with Crippen molar-refractivity contribution in [1.29, 1.82) is 0 Å². The molecule has 0 amide bonds. The fourth-order valence-electron chi connectivity index (χ4n) is 2.43. The first-order valence-corrected chi connectivity index (χ1v) is 6.64. The lowest BCUT2D eigenvalue weighted by Gasteiger charge is -2.21. The largest absolute Gasteiger partial charge is 0.329 e. The Labute approximate surface area is 108 Å². The molecule has 0 bridgehead atoms. The van der Waals surface area contributed by atoms with E-state index in [1.165, 1.54) is 23.8 Å². The maximum absolute atomic E-state index is 5.68. The summed E-state index contributed by atoms with van der Waals surface area (Å²) >= 11 is 0. The third-order valence-corrected chi connectivity index (χ3v) is 3.51. The standard InChI is InChI=1S/C15H19N3/c16-7-8-18(14-5-6-14)11-12-9-13-3-1-2-4-15(13)17-10-12/h1-4,9-10,14H,5-8,11,16H2. The number of benzene rings is 1. The van der Waals surface area contributed by atoms with Gasteiger partial charge in [0.25, 0.3) is 0 Å². The zero-order chi connectivity index (χ0) is 12.4. The molecular weight excluding hydrogens is 222 g/mol. The average molecular weight is 241 g/mol. The van der Waals surface area contributed by atoms with Crippen LogP contribution in [0.2, 0.25) is 0 Å². The maximum atomic E-state index is 5.68. The zero-order valence-corrected chi connectivity index (χ0v) is 10.5. The lowest BCUT2D eigenvalue weighted by atomic mass is 10.1. The highest BCUT2D eigenvalue weighted by Gasteiger charge is 2.28. The number of nitrogens with two attached hydrogens (primary N) is 1. The fourth-order valence-corrected chi connectivity index (χ4v) is 2.43. The van der Waals surface area contributed by atoms with Gasteiger partial charge in [0, 0.05) is 37.3 Å². The van der Waals surface area contributed by atoms with Crippen LogP contribution >= 0.6 is 0 Å². The summed E-state index contributed by atoms with van der Waals surface area (Å²) in [4.78, 5) is 6.99. The second-order valence-electron chi connectivity index (χ2n) is 5.03. The second-order valence-corrected chi connectivity index (χ2v) is 5.03. The van der Waals surface area contributed by atoms with Gasteiger partial charge in [0.1, 0.15) is 0 Å². The third kappa shape index (κ3) is 2.52. The number of fused-ring (bicyclic) bond motifs is 1. The minimum absolute atomic E-state index is 0.734. The highest BCUT2D eigenvalue weighted by atomic mass is 15.2. The molecule has 3 heteroatoms. The number of aromatic nitrogens is 1. The monoisotopic (exact) mass is 241 g/mol. The van der Waals surface area contributed by atoms with Crippen LogP contribution in [-0.4, -0.2) is 29.0 Å². The number of pyridine rings is 1. The van der Waals surface area contributed by atoms with Crippen molar-refractivity contribution in [2.24, 2.45) is 5.73 Å². The Balaban J connectivity index is 1.80. The molecule has 0 saturated heterocycles. The summed E-state index contributed by atoms with van der Waals surface area (Å²) in [6.45, 7) is 2.69. The van der Waals surface area contributed by atoms with E-state index in [9.17, 15) is 0 Å². The van der Waals surface area contributed by atoms with E-state index in [0.717, 1.165) is 31.2 Å². The van der Waals surface area contributed by atoms with Crippen LogP contribution < -0.4 is 5.73 Å². The normalized spacial score (nSPS) is 15.4. The maximum Gasteiger partial charge on any atom is 0.0702 e. The summed E-state index contributed by atoms with van der Waals surface area (Å²) < 4.78 is 0. The highest BCUT2D eigenvalue weighted by Crippen LogP contribution is 2.28. The summed E-state index contributed by atoms with van der Waals surface area (Å²) in [5.41, 5.74) is 8.04. The van der Waals surface area contributed by atoms with Gasteiger partial charge in [-0.1, -0.05) is 18.2 Å². The predicted octanol–water partition coefficient (Wildman–Crippen LogP) is 2.16. The molecule has 1 fully saturated rings. The van der Waals surface area contributed by atoms with Crippen LogP contribution in [0.1, 0.15) is 18.4 Å². The lowest BCUT2D eigenvalue weighted by molar-refractivity contribution is 0.262. The van der Waals surface area contributed by atoms with Gasteiger partial charge in [0.15, 0.2) is 0 Å². The molecule has 18 heavy (non-hydrogen) atoms. The summed E-state index contributed by atoms with van der Waals surface area (Å²) in [6, 6.07) is 11.3. The van der Waals surface area contributed by atoms with Gasteiger partial charge in [-0.2, -0.15) is 0 Å². The van der Waals surface area contributed by atoms with E-state index in [1.54, 1.807) is 0 Å². The molecule has 94 valence electrons. The van der Waals surface area contributed by atoms with Gasteiger partial charge in [-0.15, -0.1) is 0 Å². The van der Waals surface area contributed by atoms with Crippen LogP contribution in [0.25, 0.3) is 10.9 Å². The van der Waals surface area contributed by atoms with E-state index < -0.39 is 0 Å². The van der Waals surface area contributed by atoms with E-state index in [1.807, 2.05) is 12.3 Å². The zero-order valence-electron chi connectivity index (χ0n) is 10.5. The van der Waals surface area contributed by atoms with Crippen molar-refractivity contribution in [3.05, 3.63) is 42.1 Å². The Bertz CT molecular complexity index is 534. The van der Waals surface area contributed by atoms with Gasteiger partial charge < -0.3 is 5.73 Å². The van der Waals surface area contributed by atoms with E-state index in [-0.39, 0.29) is 0 Å². The number of nitrogens with zero attached hydrogens (tertiary/aromatic N) is 2. The Hall–Kier alpha value is -1.45. The van der Waals surface area contributed by atoms with Crippen molar-refractivity contribution in [3.63, 3.8) is 0 Å². The molecule has 2 aromatic rings. The lowest BCUT2D eigenvalue weighted by Crippen LogP contribution is -2.31. The molecule has 3 nitrogen and oxygen atoms in total. The predicted molar refractivity (Wildman–Crippen MR) is 74.2 cm³/mol. The van der Waals surface area contributed by atoms with E-state index in [4.69, 9.17) is 5.73 Å². The molecule has 0 aliphatic heterocycles. The number of hydrogen-bond acceptors (Lipinski definition) is 3. The van der Waals surface area contributed by atoms with E-state index >= 15 is 0 Å². The van der Waals surface area contributed by atoms with Crippen molar-refractivity contribution in [2.75, 3.05) is 13.1 Å². The average Bonchev–Trinajstić information content (AvgIpc) is 3.22. The van der Waals surface area contributed by atoms with Gasteiger partial charge in [0.2, 0.25) is 0 Å². The van der Waals surface area contributed by atoms with Crippen molar-refractivity contribution in [2.45, 2.75) is 25.4 Å². The Morgan fingerprint density at radius 3 is 2.89 bits per heavy atom. The van der Waals surface area contributed by atoms with Crippen molar-refractivity contribution >= 4 is 10.9 Å². The summed E-state index contributed by atoms with van der Waals surface area (Å²) in [5, 5.41) is 1.22. The molecule has 1 saturated carbocycles. The quantitative estimate of drug-likeness (QED) is 0.872. The summed E-state index contributed by atoms with van der Waals surface area (Å²) in [6.07, 6.45) is 4.64. The molecule has 1 aliphatic rings. The Kier molecular flexibility index (Phi) is 3.26. The van der Waals surface area contributed by atoms with Gasteiger partial charge in [-0.05, 0) is 30.5 Å². The first kappa shape index (κ1) is 11.6. The molecule has 0 unspecified atom stereocenters. The molecule has 0 radical (unpaired) electrons. The smallest absolute Gasteiger partial charge is 0.0702 e. The first-order chi connectivity index (χ1) is 8.86. The van der Waals surface area contributed by atoms with Crippen LogP contribution in [0.5, 0.6) is 0 Å². The van der Waals surface area contributed by atoms with Gasteiger partial charge in [-0.25, -0.2) is 0 Å². The first-order valence-electron chi connectivity index (χ1n) is 6.64. The van der Waals surface area contributed by atoms with Crippen LogP contribution in [0.3, 0.4) is 0 Å². The van der Waals surface area contributed by atoms with Gasteiger partial charge >= 0.3 is 0 Å². The topological polar surface area (TPSA) is 42.1 Å². The van der Waals surface area contributed by atoms with E-state index in [2.05, 4.69) is 34.1 Å². The van der Waals surface area contributed by atoms with Crippen molar-refractivity contribution in [3.8, 4) is 0 Å². The fraction of sp³-hybridized carbons (Fsp3) is 0.400. The molecule has 0 spiro atoms. The number of hydrogen-bond donors (Lipinski definition) is 1. The number of rotatable bonds is 5. The summed E-state index contributed by atoms with van der Waals surface area (Å²) in [7, 11) is 0. The Morgan fingerprint density at radius 2 is 2.11 bits per heavy atom. The molecular formula is C15H19N3. The van der Waals surface area contributed by atoms with E-state index in [0.29, 0.717) is 0 Å².